The lowest BCUT2D eigenvalue weighted by atomic mass is 9.85. The van der Waals surface area contributed by atoms with Crippen molar-refractivity contribution in [1.29, 1.82) is 0 Å². The van der Waals surface area contributed by atoms with Gasteiger partial charge in [-0.15, -0.1) is 22.7 Å². The quantitative estimate of drug-likeness (QED) is 0.160. The van der Waals surface area contributed by atoms with Crippen LogP contribution in [0.25, 0.3) is 117 Å². The van der Waals surface area contributed by atoms with Crippen LogP contribution in [0.1, 0.15) is 0 Å². The lowest BCUT2D eigenvalue weighted by Gasteiger charge is -2.18. The molecule has 0 fully saturated rings. The van der Waals surface area contributed by atoms with Gasteiger partial charge in [0.15, 0.2) is 0 Å². The Hall–Kier alpha value is -6.32. The molecule has 0 saturated heterocycles. The summed E-state index contributed by atoms with van der Waals surface area (Å²) in [5.74, 6) is 0. The molecule has 0 atom stereocenters. The van der Waals surface area contributed by atoms with E-state index < -0.39 is 0 Å². The molecule has 2 aromatic heterocycles. The van der Waals surface area contributed by atoms with Crippen LogP contribution in [0.15, 0.2) is 182 Å². The third-order valence-electron chi connectivity index (χ3n) is 11.4. The van der Waals surface area contributed by atoms with Gasteiger partial charge in [-0.1, -0.05) is 146 Å². The summed E-state index contributed by atoms with van der Waals surface area (Å²) in [6.07, 6.45) is 0. The molecule has 0 N–H and O–H groups in total. The zero-order valence-electron chi connectivity index (χ0n) is 29.1. The normalized spacial score (nSPS) is 12.1. The maximum Gasteiger partial charge on any atom is 0.0368 e. The average Bonchev–Trinajstić information content (AvgIpc) is 3.81. The van der Waals surface area contributed by atoms with Crippen molar-refractivity contribution in [2.24, 2.45) is 0 Å². The molecule has 0 aliphatic heterocycles. The fourth-order valence-electron chi connectivity index (χ4n) is 9.10. The molecule has 54 heavy (non-hydrogen) atoms. The highest BCUT2D eigenvalue weighted by Crippen LogP contribution is 2.49. The first-order valence-electron chi connectivity index (χ1n) is 18.5. The SMILES string of the molecule is c1ccc(-c2c3ccccc3c(-c3ccc4cc(-c5cc6sc7ccc8sc9ccccc9c8c7c6c6ccccc56)ccc4c3)c3ccccc23)cc1. The van der Waals surface area contributed by atoms with Crippen LogP contribution in [-0.2, 0) is 0 Å². The summed E-state index contributed by atoms with van der Waals surface area (Å²) in [6.45, 7) is 0. The maximum absolute atomic E-state index is 2.45. The van der Waals surface area contributed by atoms with Crippen LogP contribution in [0.3, 0.4) is 0 Å². The van der Waals surface area contributed by atoms with Crippen molar-refractivity contribution >= 4 is 106 Å². The lowest BCUT2D eigenvalue weighted by Crippen LogP contribution is -1.91. The summed E-state index contributed by atoms with van der Waals surface area (Å²) >= 11 is 3.82. The average molecular weight is 719 g/mol. The first-order valence-corrected chi connectivity index (χ1v) is 20.1. The molecule has 0 saturated carbocycles. The van der Waals surface area contributed by atoms with Gasteiger partial charge in [0.2, 0.25) is 0 Å². The molecular formula is C52H30S2. The van der Waals surface area contributed by atoms with Gasteiger partial charge in [0.25, 0.3) is 0 Å². The first-order chi connectivity index (χ1) is 26.8. The Morgan fingerprint density at radius 3 is 1.43 bits per heavy atom. The minimum Gasteiger partial charge on any atom is -0.135 e. The molecule has 0 spiro atoms. The highest BCUT2D eigenvalue weighted by molar-refractivity contribution is 7.28. The number of rotatable bonds is 3. The zero-order chi connectivity index (χ0) is 35.3. The lowest BCUT2D eigenvalue weighted by molar-refractivity contribution is 1.66. The molecule has 0 amide bonds. The van der Waals surface area contributed by atoms with Gasteiger partial charge in [0.05, 0.1) is 0 Å². The second-order valence-corrected chi connectivity index (χ2v) is 16.5. The standard InChI is InChI=1S/C52H30S2/c1-2-12-31(13-3-1)48-38-16-6-8-18-40(38)49(41-19-9-7-17-39(41)48)35-25-23-32-28-34(24-22-33(32)29-35)43-30-47-50(37-15-5-4-14-36(37)43)52-46(54-47)27-26-45-51(52)42-20-10-11-21-44(42)53-45/h1-30H. The van der Waals surface area contributed by atoms with Gasteiger partial charge in [-0.25, -0.2) is 0 Å². The van der Waals surface area contributed by atoms with Crippen LogP contribution in [0, 0.1) is 0 Å². The predicted molar refractivity (Wildman–Crippen MR) is 239 cm³/mol. The van der Waals surface area contributed by atoms with Crippen LogP contribution < -0.4 is 0 Å². The maximum atomic E-state index is 2.45. The van der Waals surface area contributed by atoms with E-state index in [-0.39, 0.29) is 0 Å². The number of benzene rings is 10. The Kier molecular flexibility index (Phi) is 6.48. The molecule has 0 radical (unpaired) electrons. The molecule has 0 aliphatic rings. The molecule has 12 rings (SSSR count). The second kappa shape index (κ2) is 11.6. The first kappa shape index (κ1) is 30.2. The van der Waals surface area contributed by atoms with Crippen LogP contribution in [0.5, 0.6) is 0 Å². The van der Waals surface area contributed by atoms with Crippen LogP contribution >= 0.6 is 22.7 Å². The van der Waals surface area contributed by atoms with E-state index in [2.05, 4.69) is 182 Å². The summed E-state index contributed by atoms with van der Waals surface area (Å²) < 4.78 is 5.41. The fraction of sp³-hybridized carbons (Fsp3) is 0. The molecule has 0 aliphatic carbocycles. The van der Waals surface area contributed by atoms with Gasteiger partial charge in [0.1, 0.15) is 0 Å². The number of hydrogen-bond acceptors (Lipinski definition) is 2. The fourth-order valence-corrected chi connectivity index (χ4v) is 11.4. The topological polar surface area (TPSA) is 0 Å². The van der Waals surface area contributed by atoms with Gasteiger partial charge in [0, 0.05) is 40.3 Å². The number of fused-ring (bicyclic) bond motifs is 12. The molecule has 0 bridgehead atoms. The molecule has 0 nitrogen and oxygen atoms in total. The van der Waals surface area contributed by atoms with E-state index in [1.54, 1.807) is 0 Å². The Balaban J connectivity index is 1.05. The third kappa shape index (κ3) is 4.36. The molecule has 10 aromatic carbocycles. The van der Waals surface area contributed by atoms with Gasteiger partial charge < -0.3 is 0 Å². The number of thiophene rings is 2. The number of hydrogen-bond donors (Lipinski definition) is 0. The van der Waals surface area contributed by atoms with E-state index in [9.17, 15) is 0 Å². The Morgan fingerprint density at radius 2 is 0.741 bits per heavy atom. The summed E-state index contributed by atoms with van der Waals surface area (Å²) in [5, 5.41) is 15.8. The molecule has 250 valence electrons. The van der Waals surface area contributed by atoms with E-state index in [0.29, 0.717) is 0 Å². The van der Waals surface area contributed by atoms with Crippen molar-refractivity contribution in [3.63, 3.8) is 0 Å². The summed E-state index contributed by atoms with van der Waals surface area (Å²) in [4.78, 5) is 0. The minimum absolute atomic E-state index is 1.24. The summed E-state index contributed by atoms with van der Waals surface area (Å²) in [6, 6.07) is 67.7. The molecule has 0 unspecified atom stereocenters. The summed E-state index contributed by atoms with van der Waals surface area (Å²) in [5.41, 5.74) is 7.62. The molecule has 2 heterocycles. The van der Waals surface area contributed by atoms with E-state index in [0.717, 1.165) is 0 Å². The van der Waals surface area contributed by atoms with Gasteiger partial charge >= 0.3 is 0 Å². The van der Waals surface area contributed by atoms with Crippen molar-refractivity contribution in [2.75, 3.05) is 0 Å². The van der Waals surface area contributed by atoms with E-state index in [4.69, 9.17) is 0 Å². The van der Waals surface area contributed by atoms with Crippen molar-refractivity contribution in [3.05, 3.63) is 182 Å². The van der Waals surface area contributed by atoms with E-state index >= 15 is 0 Å². The smallest absolute Gasteiger partial charge is 0.0368 e. The highest BCUT2D eigenvalue weighted by Gasteiger charge is 2.19. The zero-order valence-corrected chi connectivity index (χ0v) is 30.8. The highest BCUT2D eigenvalue weighted by atomic mass is 32.1. The third-order valence-corrected chi connectivity index (χ3v) is 13.7. The molecule has 2 heteroatoms. The Morgan fingerprint density at radius 1 is 0.259 bits per heavy atom. The van der Waals surface area contributed by atoms with Crippen LogP contribution in [0.2, 0.25) is 0 Å². The Labute approximate surface area is 319 Å². The van der Waals surface area contributed by atoms with Gasteiger partial charge in [-0.05, 0) is 113 Å². The molecule has 12 aromatic rings. The Bertz CT molecular complexity index is 3430. The monoisotopic (exact) mass is 718 g/mol. The molecular weight excluding hydrogens is 689 g/mol. The van der Waals surface area contributed by atoms with Crippen molar-refractivity contribution in [1.82, 2.24) is 0 Å². The minimum atomic E-state index is 1.24. The van der Waals surface area contributed by atoms with Crippen molar-refractivity contribution < 1.29 is 0 Å². The van der Waals surface area contributed by atoms with Crippen LogP contribution in [0.4, 0.5) is 0 Å². The van der Waals surface area contributed by atoms with Crippen molar-refractivity contribution in [3.8, 4) is 33.4 Å². The second-order valence-electron chi connectivity index (χ2n) is 14.3. The van der Waals surface area contributed by atoms with E-state index in [1.807, 2.05) is 22.7 Å². The largest absolute Gasteiger partial charge is 0.135 e. The van der Waals surface area contributed by atoms with E-state index in [1.165, 1.54) is 117 Å². The van der Waals surface area contributed by atoms with Gasteiger partial charge in [-0.3, -0.25) is 0 Å². The van der Waals surface area contributed by atoms with Crippen LogP contribution in [-0.4, -0.2) is 0 Å². The summed E-state index contributed by atoms with van der Waals surface area (Å²) in [7, 11) is 0. The predicted octanol–water partition coefficient (Wildman–Crippen LogP) is 16.0. The van der Waals surface area contributed by atoms with Crippen molar-refractivity contribution in [2.45, 2.75) is 0 Å². The van der Waals surface area contributed by atoms with Gasteiger partial charge in [-0.2, -0.15) is 0 Å².